The molecule has 0 aliphatic heterocycles. The van der Waals surface area contributed by atoms with E-state index in [0.717, 1.165) is 38.0 Å². The number of Topliss-reactive ketones (excluding diaryl/α,β-unsaturated/α-hetero) is 1. The summed E-state index contributed by atoms with van der Waals surface area (Å²) in [6.45, 7) is 23.2. The van der Waals surface area contributed by atoms with Crippen molar-refractivity contribution in [3.05, 3.63) is 35.9 Å². The van der Waals surface area contributed by atoms with Crippen molar-refractivity contribution in [3.8, 4) is 0 Å². The predicted octanol–water partition coefficient (Wildman–Crippen LogP) is 10.9. The Morgan fingerprint density at radius 3 is 2.11 bits per heavy atom. The average molecular weight is 743 g/mol. The number of benzene rings is 1. The summed E-state index contributed by atoms with van der Waals surface area (Å²) in [4.78, 5) is 43.8. The third-order valence-electron chi connectivity index (χ3n) is 17.9. The van der Waals surface area contributed by atoms with Gasteiger partial charge in [0.1, 0.15) is 11.1 Å². The maximum absolute atomic E-state index is 15.7. The number of nitrogens with one attached hydrogen (secondary N) is 2. The summed E-state index contributed by atoms with van der Waals surface area (Å²) in [6, 6.07) is 10.1. The molecule has 6 heteroatoms. The summed E-state index contributed by atoms with van der Waals surface area (Å²) >= 11 is 0. The number of carbonyl (C=O) groups is 3. The first-order valence-electron chi connectivity index (χ1n) is 22.1. The van der Waals surface area contributed by atoms with Crippen molar-refractivity contribution in [1.82, 2.24) is 10.6 Å². The Labute approximate surface area is 327 Å². The summed E-state index contributed by atoms with van der Waals surface area (Å²) in [5, 5.41) is 6.54. The second kappa shape index (κ2) is 13.6. The fraction of sp³-hybridized carbons (Fsp3) is 0.812. The Balaban J connectivity index is 1.27. The molecule has 10 atom stereocenters. The van der Waals surface area contributed by atoms with Crippen molar-refractivity contribution in [2.24, 2.45) is 62.6 Å². The molecule has 54 heavy (non-hydrogen) atoms. The molecule has 7 rings (SSSR count). The fourth-order valence-corrected chi connectivity index (χ4v) is 15.4. The zero-order valence-corrected chi connectivity index (χ0v) is 35.7. The second-order valence-electron chi connectivity index (χ2n) is 22.2. The highest BCUT2D eigenvalue weighted by molar-refractivity contribution is 5.99. The molecule has 300 valence electrons. The van der Waals surface area contributed by atoms with Gasteiger partial charge in [0.25, 0.3) is 0 Å². The molecule has 0 saturated heterocycles. The number of hydrogen-bond donors (Lipinski definition) is 2. The standard InChI is InChI=1S/C48H74N2O4/c1-31(2)48(30-32-18-13-11-14-19-32)37-33(38(39(48)51)49-40(52)47(26-15-12-16-27-47)50-41(53)54-42(3,4)5)22-28-45(9)34(37)20-21-36-44(8)25-17-24-43(6,7)35(44)23-29-46(36,45)10/h11,13-14,18-19,31,33-38H,12,15-17,20-30H2,1-10H3,(H,49,52)(H,50,53)/t33-,34-,35-,36-,37+,38-,44-,45-,46-,48-/m0/s1. The molecule has 0 spiro atoms. The van der Waals surface area contributed by atoms with Gasteiger partial charge in [-0.25, -0.2) is 4.79 Å². The Bertz CT molecular complexity index is 1590. The predicted molar refractivity (Wildman–Crippen MR) is 217 cm³/mol. The molecule has 2 amide bonds. The molecular formula is C48H74N2O4. The number of carbonyl (C=O) groups excluding carboxylic acids is 3. The van der Waals surface area contributed by atoms with Gasteiger partial charge in [0.2, 0.25) is 5.91 Å². The van der Waals surface area contributed by atoms with E-state index in [1.807, 2.05) is 20.8 Å². The molecule has 1 aromatic rings. The lowest BCUT2D eigenvalue weighted by atomic mass is 9.32. The van der Waals surface area contributed by atoms with E-state index in [1.54, 1.807) is 0 Å². The lowest BCUT2D eigenvalue weighted by molar-refractivity contribution is -0.234. The van der Waals surface area contributed by atoms with Crippen molar-refractivity contribution in [3.63, 3.8) is 0 Å². The highest BCUT2D eigenvalue weighted by Gasteiger charge is 2.73. The van der Waals surface area contributed by atoms with E-state index < -0.39 is 28.7 Å². The molecule has 6 aliphatic rings. The van der Waals surface area contributed by atoms with Crippen LogP contribution in [-0.4, -0.2) is 35.0 Å². The van der Waals surface area contributed by atoms with Crippen LogP contribution in [0.4, 0.5) is 4.79 Å². The summed E-state index contributed by atoms with van der Waals surface area (Å²) in [5.41, 5.74) is -0.0477. The van der Waals surface area contributed by atoms with Gasteiger partial charge in [-0.3, -0.25) is 9.59 Å². The first-order valence-corrected chi connectivity index (χ1v) is 22.1. The normalized spacial score (nSPS) is 41.1. The molecule has 0 aromatic heterocycles. The van der Waals surface area contributed by atoms with E-state index in [9.17, 15) is 9.59 Å². The summed E-state index contributed by atoms with van der Waals surface area (Å²) in [7, 11) is 0. The third kappa shape index (κ3) is 6.11. The van der Waals surface area contributed by atoms with E-state index >= 15 is 4.79 Å². The van der Waals surface area contributed by atoms with E-state index in [0.29, 0.717) is 41.9 Å². The first kappa shape index (κ1) is 39.8. The van der Waals surface area contributed by atoms with Gasteiger partial charge in [-0.15, -0.1) is 0 Å². The minimum absolute atomic E-state index is 0.0773. The smallest absolute Gasteiger partial charge is 0.408 e. The quantitative estimate of drug-likeness (QED) is 0.304. The van der Waals surface area contributed by atoms with Gasteiger partial charge >= 0.3 is 6.09 Å². The van der Waals surface area contributed by atoms with E-state index in [1.165, 1.54) is 50.5 Å². The van der Waals surface area contributed by atoms with Crippen LogP contribution >= 0.6 is 0 Å². The molecule has 6 nitrogen and oxygen atoms in total. The van der Waals surface area contributed by atoms with Gasteiger partial charge < -0.3 is 15.4 Å². The van der Waals surface area contributed by atoms with E-state index in [-0.39, 0.29) is 40.3 Å². The van der Waals surface area contributed by atoms with Crippen LogP contribution in [0.1, 0.15) is 165 Å². The SMILES string of the molecule is CC(C)[C@]1(Cc2ccccc2)C(=O)[C@@H](NC(=O)C2(NC(=O)OC(C)(C)C)CCCCC2)[C@H]2CC[C@@]3(C)[C@@H](CC[C@H]4[C@@]5(C)CCCC(C)(C)[C@@H]5CC[C@@]43C)[C@@H]21. The Kier molecular flexibility index (Phi) is 10.1. The third-order valence-corrected chi connectivity index (χ3v) is 17.9. The fourth-order valence-electron chi connectivity index (χ4n) is 15.4. The highest BCUT2D eigenvalue weighted by atomic mass is 16.6. The van der Waals surface area contributed by atoms with Crippen LogP contribution in [-0.2, 0) is 20.7 Å². The van der Waals surface area contributed by atoms with Crippen LogP contribution in [0.3, 0.4) is 0 Å². The van der Waals surface area contributed by atoms with Gasteiger partial charge in [0, 0.05) is 5.41 Å². The monoisotopic (exact) mass is 743 g/mol. The van der Waals surface area contributed by atoms with Crippen molar-refractivity contribution >= 4 is 17.8 Å². The zero-order chi connectivity index (χ0) is 39.1. The van der Waals surface area contributed by atoms with Crippen LogP contribution < -0.4 is 10.6 Å². The Morgan fingerprint density at radius 1 is 0.796 bits per heavy atom. The van der Waals surface area contributed by atoms with Crippen molar-refractivity contribution in [2.75, 3.05) is 0 Å². The molecular weight excluding hydrogens is 669 g/mol. The van der Waals surface area contributed by atoms with Gasteiger partial charge in [-0.1, -0.05) is 104 Å². The summed E-state index contributed by atoms with van der Waals surface area (Å²) in [5.74, 6) is 2.29. The lowest BCUT2D eigenvalue weighted by Crippen LogP contribution is -2.65. The number of fused-ring (bicyclic) bond motifs is 7. The first-order chi connectivity index (χ1) is 25.2. The molecule has 0 unspecified atom stereocenters. The molecule has 0 bridgehead atoms. The van der Waals surface area contributed by atoms with Crippen LogP contribution in [0.2, 0.25) is 0 Å². The molecule has 0 radical (unpaired) electrons. The average Bonchev–Trinajstić information content (AvgIpc) is 3.31. The molecule has 1 aromatic carbocycles. The van der Waals surface area contributed by atoms with Crippen molar-refractivity contribution in [1.29, 1.82) is 0 Å². The summed E-state index contributed by atoms with van der Waals surface area (Å²) < 4.78 is 5.70. The largest absolute Gasteiger partial charge is 0.444 e. The lowest BCUT2D eigenvalue weighted by Gasteiger charge is -2.72. The summed E-state index contributed by atoms with van der Waals surface area (Å²) in [6.07, 6.45) is 15.1. The van der Waals surface area contributed by atoms with Crippen LogP contribution in [0.25, 0.3) is 0 Å². The number of ketones is 1. The highest BCUT2D eigenvalue weighted by Crippen LogP contribution is 2.77. The van der Waals surface area contributed by atoms with Crippen molar-refractivity contribution in [2.45, 2.75) is 183 Å². The zero-order valence-electron chi connectivity index (χ0n) is 35.7. The van der Waals surface area contributed by atoms with Gasteiger partial charge in [0.15, 0.2) is 5.78 Å². The van der Waals surface area contributed by atoms with Crippen LogP contribution in [0, 0.1) is 62.6 Å². The maximum atomic E-state index is 15.7. The van der Waals surface area contributed by atoms with Crippen molar-refractivity contribution < 1.29 is 19.1 Å². The molecule has 6 aliphatic carbocycles. The number of alkyl carbamates (subject to hydrolysis) is 1. The molecule has 0 heterocycles. The number of amides is 2. The van der Waals surface area contributed by atoms with Gasteiger partial charge in [-0.2, -0.15) is 0 Å². The molecule has 6 saturated carbocycles. The number of hydrogen-bond acceptors (Lipinski definition) is 4. The Morgan fingerprint density at radius 2 is 1.46 bits per heavy atom. The number of ether oxygens (including phenoxy) is 1. The number of rotatable bonds is 6. The minimum Gasteiger partial charge on any atom is -0.444 e. The topological polar surface area (TPSA) is 84.5 Å². The minimum atomic E-state index is -1.07. The van der Waals surface area contributed by atoms with Crippen LogP contribution in [0.15, 0.2) is 30.3 Å². The molecule has 6 fully saturated rings. The van der Waals surface area contributed by atoms with E-state index in [2.05, 4.69) is 89.4 Å². The molecule has 2 N–H and O–H groups in total. The van der Waals surface area contributed by atoms with E-state index in [4.69, 9.17) is 4.74 Å². The van der Waals surface area contributed by atoms with Crippen LogP contribution in [0.5, 0.6) is 0 Å². The second-order valence-corrected chi connectivity index (χ2v) is 22.2. The van der Waals surface area contributed by atoms with Gasteiger partial charge in [-0.05, 0) is 154 Å². The van der Waals surface area contributed by atoms with Gasteiger partial charge in [0.05, 0.1) is 6.04 Å². The Hall–Kier alpha value is -2.37. The maximum Gasteiger partial charge on any atom is 0.408 e.